The van der Waals surface area contributed by atoms with Gasteiger partial charge in [-0.05, 0) is 75.3 Å². The molecule has 4 rings (SSSR count). The van der Waals surface area contributed by atoms with Crippen molar-refractivity contribution in [3.05, 3.63) is 60.2 Å². The molecule has 0 saturated carbocycles. The van der Waals surface area contributed by atoms with Gasteiger partial charge in [-0.2, -0.15) is 0 Å². The van der Waals surface area contributed by atoms with Crippen LogP contribution in [0.25, 0.3) is 10.9 Å². The Hall–Kier alpha value is -3.12. The minimum Gasteiger partial charge on any atom is -0.497 e. The number of benzene rings is 2. The van der Waals surface area contributed by atoms with Gasteiger partial charge in [0.05, 0.1) is 18.2 Å². The van der Waals surface area contributed by atoms with Gasteiger partial charge in [0.15, 0.2) is 0 Å². The maximum atomic E-state index is 12.9. The van der Waals surface area contributed by atoms with Crippen LogP contribution in [0.4, 0.5) is 11.5 Å². The molecule has 1 aromatic heterocycles. The first-order valence-corrected chi connectivity index (χ1v) is 10.5. The lowest BCUT2D eigenvalue weighted by Gasteiger charge is -2.15. The quantitative estimate of drug-likeness (QED) is 0.551. The summed E-state index contributed by atoms with van der Waals surface area (Å²) >= 11 is 0. The van der Waals surface area contributed by atoms with Crippen LogP contribution in [0.3, 0.4) is 0 Å². The van der Waals surface area contributed by atoms with E-state index in [2.05, 4.69) is 20.5 Å². The second kappa shape index (κ2) is 9.59. The molecule has 2 aromatic carbocycles. The fourth-order valence-electron chi connectivity index (χ4n) is 3.86. The Bertz CT molecular complexity index is 998. The third-order valence-corrected chi connectivity index (χ3v) is 5.46. The highest BCUT2D eigenvalue weighted by Gasteiger charge is 2.14. The van der Waals surface area contributed by atoms with Crippen molar-refractivity contribution in [3.63, 3.8) is 0 Å². The van der Waals surface area contributed by atoms with Gasteiger partial charge in [0.25, 0.3) is 5.91 Å². The number of pyridine rings is 1. The van der Waals surface area contributed by atoms with Crippen LogP contribution in [0.1, 0.15) is 29.6 Å². The van der Waals surface area contributed by atoms with Gasteiger partial charge in [-0.25, -0.2) is 4.98 Å². The monoisotopic (exact) mass is 404 g/mol. The number of likely N-dealkylation sites (tertiary alicyclic amines) is 1. The maximum Gasteiger partial charge on any atom is 0.252 e. The summed E-state index contributed by atoms with van der Waals surface area (Å²) in [7, 11) is 1.64. The normalized spacial score (nSPS) is 14.0. The van der Waals surface area contributed by atoms with Gasteiger partial charge in [-0.3, -0.25) is 4.79 Å². The number of rotatable bonds is 8. The number of amides is 1. The number of fused-ring (bicyclic) bond motifs is 1. The van der Waals surface area contributed by atoms with E-state index in [0.29, 0.717) is 17.9 Å². The molecular formula is C24H28N4O2. The van der Waals surface area contributed by atoms with Gasteiger partial charge in [0.2, 0.25) is 0 Å². The molecule has 0 atom stereocenters. The molecule has 0 aliphatic carbocycles. The van der Waals surface area contributed by atoms with Crippen molar-refractivity contribution in [2.24, 2.45) is 0 Å². The fourth-order valence-corrected chi connectivity index (χ4v) is 3.86. The van der Waals surface area contributed by atoms with Gasteiger partial charge >= 0.3 is 0 Å². The highest BCUT2D eigenvalue weighted by Crippen LogP contribution is 2.24. The summed E-state index contributed by atoms with van der Waals surface area (Å²) in [5, 5.41) is 7.23. The molecule has 1 amide bonds. The van der Waals surface area contributed by atoms with Crippen molar-refractivity contribution in [1.82, 2.24) is 15.2 Å². The third kappa shape index (κ3) is 4.89. The minimum absolute atomic E-state index is 0.0622. The lowest BCUT2D eigenvalue weighted by Crippen LogP contribution is -2.28. The first-order chi connectivity index (χ1) is 14.7. The van der Waals surface area contributed by atoms with Crippen LogP contribution in [0, 0.1) is 0 Å². The Morgan fingerprint density at radius 3 is 2.63 bits per heavy atom. The molecule has 0 unspecified atom stereocenters. The van der Waals surface area contributed by atoms with E-state index in [9.17, 15) is 4.79 Å². The molecule has 3 aromatic rings. The predicted octanol–water partition coefficient (Wildman–Crippen LogP) is 4.20. The second-order valence-corrected chi connectivity index (χ2v) is 7.58. The van der Waals surface area contributed by atoms with Crippen molar-refractivity contribution >= 4 is 28.3 Å². The molecule has 1 saturated heterocycles. The molecular weight excluding hydrogens is 376 g/mol. The van der Waals surface area contributed by atoms with Crippen LogP contribution in [-0.2, 0) is 0 Å². The lowest BCUT2D eigenvalue weighted by molar-refractivity contribution is 0.0953. The zero-order chi connectivity index (χ0) is 20.8. The van der Waals surface area contributed by atoms with E-state index >= 15 is 0 Å². The van der Waals surface area contributed by atoms with E-state index in [1.165, 1.54) is 25.9 Å². The summed E-state index contributed by atoms with van der Waals surface area (Å²) in [5.74, 6) is 1.37. The number of nitrogens with one attached hydrogen (secondary N) is 2. The third-order valence-electron chi connectivity index (χ3n) is 5.46. The van der Waals surface area contributed by atoms with E-state index in [1.54, 1.807) is 7.11 Å². The zero-order valence-electron chi connectivity index (χ0n) is 17.4. The Kier molecular flexibility index (Phi) is 6.44. The van der Waals surface area contributed by atoms with E-state index < -0.39 is 0 Å². The first-order valence-electron chi connectivity index (χ1n) is 10.5. The number of aromatic nitrogens is 1. The SMILES string of the molecule is COc1ccc(Nc2cc(C(=O)NCCCN3CCCC3)c3ccccc3n2)cc1. The number of carbonyl (C=O) groups is 1. The fraction of sp³-hybridized carbons (Fsp3) is 0.333. The summed E-state index contributed by atoms with van der Waals surface area (Å²) in [5.41, 5.74) is 2.31. The average molecular weight is 405 g/mol. The van der Waals surface area contributed by atoms with Gasteiger partial charge in [-0.1, -0.05) is 18.2 Å². The number of ether oxygens (including phenoxy) is 1. The highest BCUT2D eigenvalue weighted by molar-refractivity contribution is 6.07. The highest BCUT2D eigenvalue weighted by atomic mass is 16.5. The Balaban J connectivity index is 1.48. The molecule has 0 bridgehead atoms. The number of methoxy groups -OCH3 is 1. The molecule has 1 aliphatic heterocycles. The number of anilines is 2. The van der Waals surface area contributed by atoms with Crippen molar-refractivity contribution in [2.75, 3.05) is 38.6 Å². The van der Waals surface area contributed by atoms with Crippen LogP contribution < -0.4 is 15.4 Å². The molecule has 1 aliphatic rings. The Morgan fingerprint density at radius 2 is 1.87 bits per heavy atom. The number of hydrogen-bond acceptors (Lipinski definition) is 5. The Labute approximate surface area is 177 Å². The predicted molar refractivity (Wildman–Crippen MR) is 121 cm³/mol. The number of nitrogens with zero attached hydrogens (tertiary/aromatic N) is 2. The Morgan fingerprint density at radius 1 is 1.10 bits per heavy atom. The van der Waals surface area contributed by atoms with Crippen molar-refractivity contribution in [1.29, 1.82) is 0 Å². The topological polar surface area (TPSA) is 66.5 Å². The smallest absolute Gasteiger partial charge is 0.252 e. The lowest BCUT2D eigenvalue weighted by atomic mass is 10.1. The van der Waals surface area contributed by atoms with Crippen LogP contribution >= 0.6 is 0 Å². The van der Waals surface area contributed by atoms with Crippen LogP contribution in [0.5, 0.6) is 5.75 Å². The van der Waals surface area contributed by atoms with Crippen LogP contribution in [0.2, 0.25) is 0 Å². The van der Waals surface area contributed by atoms with Crippen molar-refractivity contribution in [2.45, 2.75) is 19.3 Å². The summed E-state index contributed by atoms with van der Waals surface area (Å²) in [6.45, 7) is 4.08. The molecule has 0 spiro atoms. The van der Waals surface area contributed by atoms with Gasteiger partial charge in [0.1, 0.15) is 11.6 Å². The molecule has 0 radical (unpaired) electrons. The molecule has 2 heterocycles. The van der Waals surface area contributed by atoms with E-state index in [0.717, 1.165) is 35.3 Å². The van der Waals surface area contributed by atoms with E-state index in [-0.39, 0.29) is 5.91 Å². The molecule has 30 heavy (non-hydrogen) atoms. The second-order valence-electron chi connectivity index (χ2n) is 7.58. The van der Waals surface area contributed by atoms with E-state index in [4.69, 9.17) is 4.74 Å². The minimum atomic E-state index is -0.0622. The zero-order valence-corrected chi connectivity index (χ0v) is 17.4. The largest absolute Gasteiger partial charge is 0.497 e. The van der Waals surface area contributed by atoms with E-state index in [1.807, 2.05) is 54.6 Å². The number of hydrogen-bond donors (Lipinski definition) is 2. The summed E-state index contributed by atoms with van der Waals surface area (Å²) in [6.07, 6.45) is 3.55. The first kappa shape index (κ1) is 20.2. The molecule has 2 N–H and O–H groups in total. The average Bonchev–Trinajstić information content (AvgIpc) is 3.30. The molecule has 1 fully saturated rings. The van der Waals surface area contributed by atoms with Crippen molar-refractivity contribution in [3.8, 4) is 5.75 Å². The summed E-state index contributed by atoms with van der Waals surface area (Å²) < 4.78 is 5.21. The number of carbonyl (C=O) groups excluding carboxylic acids is 1. The van der Waals surface area contributed by atoms with Crippen LogP contribution in [0.15, 0.2) is 54.6 Å². The standard InChI is InChI=1S/C24H28N4O2/c1-30-19-11-9-18(10-12-19)26-23-17-21(20-7-2-3-8-22(20)27-23)24(29)25-13-6-16-28-14-4-5-15-28/h2-3,7-12,17H,4-6,13-16H2,1H3,(H,25,29)(H,26,27). The molecule has 6 nitrogen and oxygen atoms in total. The molecule has 6 heteroatoms. The van der Waals surface area contributed by atoms with Crippen molar-refractivity contribution < 1.29 is 9.53 Å². The van der Waals surface area contributed by atoms with Gasteiger partial charge < -0.3 is 20.3 Å². The van der Waals surface area contributed by atoms with Gasteiger partial charge in [0, 0.05) is 17.6 Å². The van der Waals surface area contributed by atoms with Gasteiger partial charge in [-0.15, -0.1) is 0 Å². The molecule has 156 valence electrons. The maximum absolute atomic E-state index is 12.9. The summed E-state index contributed by atoms with van der Waals surface area (Å²) in [4.78, 5) is 20.1. The number of para-hydroxylation sites is 1. The summed E-state index contributed by atoms with van der Waals surface area (Å²) in [6, 6.07) is 17.2. The van der Waals surface area contributed by atoms with Crippen LogP contribution in [-0.4, -0.2) is 49.1 Å².